The summed E-state index contributed by atoms with van der Waals surface area (Å²) in [6.07, 6.45) is 1.74. The van der Waals surface area contributed by atoms with Crippen LogP contribution in [0.15, 0.2) is 22.6 Å². The van der Waals surface area contributed by atoms with E-state index in [0.29, 0.717) is 23.3 Å². The van der Waals surface area contributed by atoms with Crippen LogP contribution in [0.1, 0.15) is 19.2 Å². The van der Waals surface area contributed by atoms with Gasteiger partial charge in [-0.2, -0.15) is 0 Å². The van der Waals surface area contributed by atoms with Gasteiger partial charge in [-0.05, 0) is 37.7 Å². The van der Waals surface area contributed by atoms with E-state index in [1.165, 1.54) is 0 Å². The number of hydrogen-bond donors (Lipinski definition) is 1. The second kappa shape index (κ2) is 7.64. The number of hydrogen-bond acceptors (Lipinski definition) is 6. The van der Waals surface area contributed by atoms with Crippen molar-refractivity contribution in [2.24, 2.45) is 0 Å². The Balaban J connectivity index is 2.06. The van der Waals surface area contributed by atoms with Crippen LogP contribution < -0.4 is 14.8 Å². The largest absolute Gasteiger partial charge is 0.493 e. The van der Waals surface area contributed by atoms with E-state index in [9.17, 15) is 0 Å². The SMILES string of the molecule is CCNCCCc1nnc(-c2ccc(OC)c(OC)c2)o1. The van der Waals surface area contributed by atoms with Gasteiger partial charge in [0.05, 0.1) is 14.2 Å². The molecule has 6 heteroatoms. The highest BCUT2D eigenvalue weighted by Gasteiger charge is 2.11. The van der Waals surface area contributed by atoms with Crippen LogP contribution in [0.3, 0.4) is 0 Å². The van der Waals surface area contributed by atoms with Crippen LogP contribution in [-0.2, 0) is 6.42 Å². The quantitative estimate of drug-likeness (QED) is 0.753. The number of aryl methyl sites for hydroxylation is 1. The molecule has 6 nitrogen and oxygen atoms in total. The predicted octanol–water partition coefficient (Wildman–Crippen LogP) is 2.30. The summed E-state index contributed by atoms with van der Waals surface area (Å²) in [5.74, 6) is 2.46. The molecule has 0 saturated heterocycles. The van der Waals surface area contributed by atoms with E-state index in [1.807, 2.05) is 18.2 Å². The van der Waals surface area contributed by atoms with Crippen molar-refractivity contribution >= 4 is 0 Å². The second-order valence-corrected chi connectivity index (χ2v) is 4.53. The molecule has 2 aromatic rings. The molecule has 0 spiro atoms. The van der Waals surface area contributed by atoms with Crippen molar-refractivity contribution in [3.8, 4) is 23.0 Å². The van der Waals surface area contributed by atoms with Gasteiger partial charge in [0.15, 0.2) is 11.5 Å². The molecule has 0 unspecified atom stereocenters. The van der Waals surface area contributed by atoms with Gasteiger partial charge in [0.2, 0.25) is 11.8 Å². The van der Waals surface area contributed by atoms with Crippen LogP contribution in [-0.4, -0.2) is 37.5 Å². The van der Waals surface area contributed by atoms with Crippen LogP contribution in [0, 0.1) is 0 Å². The molecule has 0 aliphatic rings. The first-order chi connectivity index (χ1) is 10.3. The van der Waals surface area contributed by atoms with Crippen molar-refractivity contribution in [3.63, 3.8) is 0 Å². The van der Waals surface area contributed by atoms with Gasteiger partial charge in [0.25, 0.3) is 0 Å². The third-order valence-corrected chi connectivity index (χ3v) is 3.09. The molecule has 1 N–H and O–H groups in total. The molecular formula is C15H21N3O3. The van der Waals surface area contributed by atoms with Gasteiger partial charge < -0.3 is 19.2 Å². The maximum Gasteiger partial charge on any atom is 0.247 e. The van der Waals surface area contributed by atoms with Gasteiger partial charge in [-0.15, -0.1) is 10.2 Å². The van der Waals surface area contributed by atoms with Crippen LogP contribution in [0.4, 0.5) is 0 Å². The molecule has 0 aliphatic heterocycles. The van der Waals surface area contributed by atoms with Gasteiger partial charge >= 0.3 is 0 Å². The van der Waals surface area contributed by atoms with E-state index < -0.39 is 0 Å². The Kier molecular flexibility index (Phi) is 5.57. The summed E-state index contributed by atoms with van der Waals surface area (Å²) in [6.45, 7) is 4.01. The van der Waals surface area contributed by atoms with Crippen molar-refractivity contribution in [2.75, 3.05) is 27.3 Å². The van der Waals surface area contributed by atoms with E-state index in [-0.39, 0.29) is 0 Å². The van der Waals surface area contributed by atoms with E-state index in [1.54, 1.807) is 14.2 Å². The zero-order valence-corrected chi connectivity index (χ0v) is 12.7. The molecule has 0 atom stereocenters. The fourth-order valence-corrected chi connectivity index (χ4v) is 1.98. The highest BCUT2D eigenvalue weighted by atomic mass is 16.5. The number of aromatic nitrogens is 2. The normalized spacial score (nSPS) is 10.6. The molecule has 21 heavy (non-hydrogen) atoms. The smallest absolute Gasteiger partial charge is 0.247 e. The summed E-state index contributed by atoms with van der Waals surface area (Å²) in [5, 5.41) is 11.4. The van der Waals surface area contributed by atoms with Gasteiger partial charge in [0, 0.05) is 12.0 Å². The second-order valence-electron chi connectivity index (χ2n) is 4.53. The number of nitrogens with zero attached hydrogens (tertiary/aromatic N) is 2. The summed E-state index contributed by atoms with van der Waals surface area (Å²) < 4.78 is 16.2. The van der Waals surface area contributed by atoms with Gasteiger partial charge in [0.1, 0.15) is 0 Å². The Morgan fingerprint density at radius 2 is 1.95 bits per heavy atom. The molecule has 114 valence electrons. The van der Waals surface area contributed by atoms with Crippen LogP contribution in [0.2, 0.25) is 0 Å². The third-order valence-electron chi connectivity index (χ3n) is 3.09. The standard InChI is InChI=1S/C15H21N3O3/c1-4-16-9-5-6-14-17-18-15(21-14)11-7-8-12(19-2)13(10-11)20-3/h7-8,10,16H,4-6,9H2,1-3H3. The highest BCUT2D eigenvalue weighted by Crippen LogP contribution is 2.31. The molecule has 0 fully saturated rings. The number of rotatable bonds is 8. The number of benzene rings is 1. The van der Waals surface area contributed by atoms with Crippen molar-refractivity contribution in [1.82, 2.24) is 15.5 Å². The summed E-state index contributed by atoms with van der Waals surface area (Å²) in [6, 6.07) is 5.52. The number of methoxy groups -OCH3 is 2. The molecule has 1 heterocycles. The third kappa shape index (κ3) is 3.95. The first kappa shape index (κ1) is 15.3. The number of ether oxygens (including phenoxy) is 2. The van der Waals surface area contributed by atoms with E-state index in [2.05, 4.69) is 22.4 Å². The molecule has 0 amide bonds. The average Bonchev–Trinajstić information content (AvgIpc) is 2.99. The topological polar surface area (TPSA) is 69.4 Å². The molecule has 0 aliphatic carbocycles. The predicted molar refractivity (Wildman–Crippen MR) is 79.7 cm³/mol. The Morgan fingerprint density at radius 3 is 2.67 bits per heavy atom. The monoisotopic (exact) mass is 291 g/mol. The van der Waals surface area contributed by atoms with Gasteiger partial charge in [-0.3, -0.25) is 0 Å². The minimum atomic E-state index is 0.495. The Morgan fingerprint density at radius 1 is 1.14 bits per heavy atom. The Labute approximate surface area is 124 Å². The van der Waals surface area contributed by atoms with E-state index in [0.717, 1.165) is 31.5 Å². The lowest BCUT2D eigenvalue weighted by Crippen LogP contribution is -2.14. The lowest BCUT2D eigenvalue weighted by atomic mass is 10.2. The van der Waals surface area contributed by atoms with E-state index >= 15 is 0 Å². The molecule has 0 bridgehead atoms. The molecule has 1 aromatic heterocycles. The molecule has 2 rings (SSSR count). The van der Waals surface area contributed by atoms with Crippen LogP contribution >= 0.6 is 0 Å². The summed E-state index contributed by atoms with van der Waals surface area (Å²) in [5.41, 5.74) is 0.818. The van der Waals surface area contributed by atoms with Crippen LogP contribution in [0.5, 0.6) is 11.5 Å². The lowest BCUT2D eigenvalue weighted by molar-refractivity contribution is 0.355. The lowest BCUT2D eigenvalue weighted by Gasteiger charge is -2.07. The molecular weight excluding hydrogens is 270 g/mol. The molecule has 0 saturated carbocycles. The zero-order chi connectivity index (χ0) is 15.1. The van der Waals surface area contributed by atoms with E-state index in [4.69, 9.17) is 13.9 Å². The van der Waals surface area contributed by atoms with Crippen molar-refractivity contribution in [2.45, 2.75) is 19.8 Å². The molecule has 0 radical (unpaired) electrons. The Hall–Kier alpha value is -2.08. The van der Waals surface area contributed by atoms with Crippen molar-refractivity contribution < 1.29 is 13.9 Å². The van der Waals surface area contributed by atoms with Crippen molar-refractivity contribution in [1.29, 1.82) is 0 Å². The minimum Gasteiger partial charge on any atom is -0.493 e. The highest BCUT2D eigenvalue weighted by molar-refractivity contribution is 5.59. The minimum absolute atomic E-state index is 0.495. The molecule has 1 aromatic carbocycles. The summed E-state index contributed by atoms with van der Waals surface area (Å²) >= 11 is 0. The first-order valence-electron chi connectivity index (χ1n) is 7.04. The zero-order valence-electron chi connectivity index (χ0n) is 12.7. The fraction of sp³-hybridized carbons (Fsp3) is 0.467. The van der Waals surface area contributed by atoms with Crippen molar-refractivity contribution in [3.05, 3.63) is 24.1 Å². The summed E-state index contributed by atoms with van der Waals surface area (Å²) in [7, 11) is 3.20. The maximum absolute atomic E-state index is 5.68. The first-order valence-corrected chi connectivity index (χ1v) is 7.04. The Bertz CT molecular complexity index is 569. The van der Waals surface area contributed by atoms with Gasteiger partial charge in [-0.1, -0.05) is 6.92 Å². The summed E-state index contributed by atoms with van der Waals surface area (Å²) in [4.78, 5) is 0. The van der Waals surface area contributed by atoms with Gasteiger partial charge in [-0.25, -0.2) is 0 Å². The number of nitrogens with one attached hydrogen (secondary N) is 1. The maximum atomic E-state index is 5.68. The average molecular weight is 291 g/mol. The fourth-order valence-electron chi connectivity index (χ4n) is 1.98. The van der Waals surface area contributed by atoms with Crippen LogP contribution in [0.25, 0.3) is 11.5 Å².